The number of carbonyl (C=O) groups is 1. The summed E-state index contributed by atoms with van der Waals surface area (Å²) in [7, 11) is 0. The predicted molar refractivity (Wildman–Crippen MR) is 98.8 cm³/mol. The number of nitrogens with one attached hydrogen (secondary N) is 1. The fourth-order valence-corrected chi connectivity index (χ4v) is 2.73. The normalized spacial score (nSPS) is 11.1. The SMILES string of the molecule is CC(C)(NC(=O)c1ccc(-c2ccccc2)cc1)c1ccccc1. The van der Waals surface area contributed by atoms with E-state index in [-0.39, 0.29) is 5.91 Å². The summed E-state index contributed by atoms with van der Waals surface area (Å²) in [4.78, 5) is 12.6. The van der Waals surface area contributed by atoms with Gasteiger partial charge in [-0.3, -0.25) is 4.79 Å². The van der Waals surface area contributed by atoms with Gasteiger partial charge in [0.2, 0.25) is 0 Å². The van der Waals surface area contributed by atoms with E-state index in [9.17, 15) is 4.79 Å². The number of amides is 1. The second-order valence-electron chi connectivity index (χ2n) is 6.39. The molecule has 2 nitrogen and oxygen atoms in total. The molecule has 0 bridgehead atoms. The Bertz CT molecular complexity index is 806. The second kappa shape index (κ2) is 6.71. The van der Waals surface area contributed by atoms with Crippen LogP contribution in [0.15, 0.2) is 84.9 Å². The van der Waals surface area contributed by atoms with Crippen LogP contribution in [-0.2, 0) is 5.54 Å². The van der Waals surface area contributed by atoms with Crippen molar-refractivity contribution in [3.63, 3.8) is 0 Å². The molecular weight excluding hydrogens is 294 g/mol. The van der Waals surface area contributed by atoms with Crippen molar-refractivity contribution in [1.82, 2.24) is 5.32 Å². The Balaban J connectivity index is 1.76. The minimum absolute atomic E-state index is 0.0662. The number of rotatable bonds is 4. The molecule has 0 unspecified atom stereocenters. The van der Waals surface area contributed by atoms with Gasteiger partial charge in [-0.1, -0.05) is 72.8 Å². The van der Waals surface area contributed by atoms with Gasteiger partial charge in [-0.05, 0) is 42.7 Å². The standard InChI is InChI=1S/C22H21NO/c1-22(2,20-11-7-4-8-12-20)23-21(24)19-15-13-18(14-16-19)17-9-5-3-6-10-17/h3-16H,1-2H3,(H,23,24). The molecule has 0 saturated carbocycles. The third kappa shape index (κ3) is 3.54. The molecule has 1 N–H and O–H groups in total. The van der Waals surface area contributed by atoms with Crippen molar-refractivity contribution in [2.24, 2.45) is 0 Å². The first-order valence-electron chi connectivity index (χ1n) is 8.10. The molecule has 0 atom stereocenters. The topological polar surface area (TPSA) is 29.1 Å². The summed E-state index contributed by atoms with van der Waals surface area (Å²) < 4.78 is 0. The molecule has 0 aliphatic heterocycles. The van der Waals surface area contributed by atoms with Gasteiger partial charge >= 0.3 is 0 Å². The molecular formula is C22H21NO. The van der Waals surface area contributed by atoms with E-state index >= 15 is 0 Å². The van der Waals surface area contributed by atoms with Crippen molar-refractivity contribution in [3.8, 4) is 11.1 Å². The lowest BCUT2D eigenvalue weighted by molar-refractivity contribution is 0.0912. The number of benzene rings is 3. The lowest BCUT2D eigenvalue weighted by Crippen LogP contribution is -2.40. The highest BCUT2D eigenvalue weighted by atomic mass is 16.1. The second-order valence-corrected chi connectivity index (χ2v) is 6.39. The van der Waals surface area contributed by atoms with E-state index in [0.717, 1.165) is 16.7 Å². The molecule has 0 aliphatic carbocycles. The van der Waals surface area contributed by atoms with Crippen LogP contribution in [0.2, 0.25) is 0 Å². The molecule has 3 rings (SSSR count). The van der Waals surface area contributed by atoms with Gasteiger partial charge in [0.25, 0.3) is 5.91 Å². The molecule has 3 aromatic carbocycles. The van der Waals surface area contributed by atoms with E-state index in [2.05, 4.69) is 17.4 Å². The molecule has 2 heteroatoms. The van der Waals surface area contributed by atoms with Crippen molar-refractivity contribution in [1.29, 1.82) is 0 Å². The maximum absolute atomic E-state index is 12.6. The van der Waals surface area contributed by atoms with E-state index in [0.29, 0.717) is 5.56 Å². The Hall–Kier alpha value is -2.87. The van der Waals surface area contributed by atoms with Gasteiger partial charge in [0.05, 0.1) is 5.54 Å². The Labute approximate surface area is 143 Å². The maximum atomic E-state index is 12.6. The molecule has 0 saturated heterocycles. The zero-order valence-corrected chi connectivity index (χ0v) is 14.0. The third-order valence-electron chi connectivity index (χ3n) is 4.18. The van der Waals surface area contributed by atoms with Crippen LogP contribution in [0.3, 0.4) is 0 Å². The smallest absolute Gasteiger partial charge is 0.251 e. The van der Waals surface area contributed by atoms with Gasteiger partial charge < -0.3 is 5.32 Å². The van der Waals surface area contributed by atoms with Crippen molar-refractivity contribution >= 4 is 5.91 Å². The van der Waals surface area contributed by atoms with Crippen LogP contribution < -0.4 is 5.32 Å². The largest absolute Gasteiger partial charge is 0.343 e. The third-order valence-corrected chi connectivity index (χ3v) is 4.18. The van der Waals surface area contributed by atoms with Crippen LogP contribution in [0.1, 0.15) is 29.8 Å². The zero-order chi connectivity index (χ0) is 17.0. The summed E-state index contributed by atoms with van der Waals surface area (Å²) in [5, 5.41) is 3.11. The first kappa shape index (κ1) is 16.0. The Morgan fingerprint density at radius 1 is 0.708 bits per heavy atom. The highest BCUT2D eigenvalue weighted by Gasteiger charge is 2.23. The van der Waals surface area contributed by atoms with Crippen molar-refractivity contribution in [2.75, 3.05) is 0 Å². The summed E-state index contributed by atoms with van der Waals surface area (Å²) >= 11 is 0. The summed E-state index contributed by atoms with van der Waals surface area (Å²) in [6, 6.07) is 27.9. The highest BCUT2D eigenvalue weighted by molar-refractivity contribution is 5.95. The summed E-state index contributed by atoms with van der Waals surface area (Å²) in [6.45, 7) is 4.02. The molecule has 0 fully saturated rings. The van der Waals surface area contributed by atoms with Gasteiger partial charge in [-0.25, -0.2) is 0 Å². The molecule has 24 heavy (non-hydrogen) atoms. The van der Waals surface area contributed by atoms with Gasteiger partial charge in [0, 0.05) is 5.56 Å². The Kier molecular flexibility index (Phi) is 4.48. The van der Waals surface area contributed by atoms with Crippen LogP contribution >= 0.6 is 0 Å². The number of carbonyl (C=O) groups excluding carboxylic acids is 1. The first-order chi connectivity index (χ1) is 11.6. The number of hydrogen-bond donors (Lipinski definition) is 1. The van der Waals surface area contributed by atoms with Gasteiger partial charge in [-0.15, -0.1) is 0 Å². The average Bonchev–Trinajstić information content (AvgIpc) is 2.63. The van der Waals surface area contributed by atoms with E-state index in [1.54, 1.807) is 0 Å². The minimum Gasteiger partial charge on any atom is -0.343 e. The van der Waals surface area contributed by atoms with Gasteiger partial charge in [0.15, 0.2) is 0 Å². The van der Waals surface area contributed by atoms with Crippen molar-refractivity contribution in [2.45, 2.75) is 19.4 Å². The molecule has 120 valence electrons. The van der Waals surface area contributed by atoms with Crippen LogP contribution in [0, 0.1) is 0 Å². The zero-order valence-electron chi connectivity index (χ0n) is 14.0. The fraction of sp³-hybridized carbons (Fsp3) is 0.136. The lowest BCUT2D eigenvalue weighted by Gasteiger charge is -2.27. The lowest BCUT2D eigenvalue weighted by atomic mass is 9.94. The van der Waals surface area contributed by atoms with Crippen LogP contribution in [0.5, 0.6) is 0 Å². The van der Waals surface area contributed by atoms with E-state index in [4.69, 9.17) is 0 Å². The summed E-state index contributed by atoms with van der Waals surface area (Å²) in [5.41, 5.74) is 3.58. The molecule has 0 aromatic heterocycles. The minimum atomic E-state index is -0.420. The first-order valence-corrected chi connectivity index (χ1v) is 8.10. The van der Waals surface area contributed by atoms with E-state index in [1.807, 2.05) is 86.6 Å². The monoisotopic (exact) mass is 315 g/mol. The molecule has 0 aliphatic rings. The van der Waals surface area contributed by atoms with Crippen molar-refractivity contribution < 1.29 is 4.79 Å². The van der Waals surface area contributed by atoms with Crippen molar-refractivity contribution in [3.05, 3.63) is 96.1 Å². The molecule has 3 aromatic rings. The van der Waals surface area contributed by atoms with Crippen LogP contribution in [-0.4, -0.2) is 5.91 Å². The quantitative estimate of drug-likeness (QED) is 0.719. The van der Waals surface area contributed by atoms with E-state index in [1.165, 1.54) is 0 Å². The molecule has 1 amide bonds. The molecule has 0 radical (unpaired) electrons. The van der Waals surface area contributed by atoms with Gasteiger partial charge in [0.1, 0.15) is 0 Å². The van der Waals surface area contributed by atoms with Crippen LogP contribution in [0.25, 0.3) is 11.1 Å². The number of hydrogen-bond acceptors (Lipinski definition) is 1. The maximum Gasteiger partial charge on any atom is 0.251 e. The average molecular weight is 315 g/mol. The van der Waals surface area contributed by atoms with Crippen LogP contribution in [0.4, 0.5) is 0 Å². The highest BCUT2D eigenvalue weighted by Crippen LogP contribution is 2.22. The Morgan fingerprint density at radius 2 is 1.21 bits per heavy atom. The molecule has 0 heterocycles. The fourth-order valence-electron chi connectivity index (χ4n) is 2.73. The predicted octanol–water partition coefficient (Wildman–Crippen LogP) is 5.02. The molecule has 0 spiro atoms. The summed E-state index contributed by atoms with van der Waals surface area (Å²) in [6.07, 6.45) is 0. The summed E-state index contributed by atoms with van der Waals surface area (Å²) in [5.74, 6) is -0.0662. The van der Waals surface area contributed by atoms with Gasteiger partial charge in [-0.2, -0.15) is 0 Å². The van der Waals surface area contributed by atoms with E-state index < -0.39 is 5.54 Å². The Morgan fingerprint density at radius 3 is 1.79 bits per heavy atom.